The van der Waals surface area contributed by atoms with Gasteiger partial charge in [0.15, 0.2) is 0 Å². The summed E-state index contributed by atoms with van der Waals surface area (Å²) < 4.78 is 4.67. The van der Waals surface area contributed by atoms with Gasteiger partial charge in [-0.15, -0.1) is 18.3 Å². The lowest BCUT2D eigenvalue weighted by Crippen LogP contribution is -2.58. The second-order valence-electron chi connectivity index (χ2n) is 10.6. The lowest BCUT2D eigenvalue weighted by Gasteiger charge is -2.40. The van der Waals surface area contributed by atoms with Crippen molar-refractivity contribution in [3.05, 3.63) is 12.7 Å². The molecule has 2 bridgehead atoms. The molecule has 4 heterocycles. The van der Waals surface area contributed by atoms with E-state index in [0.717, 1.165) is 13.1 Å². The molecule has 4 fully saturated rings. The number of hydrogen-bond acceptors (Lipinski definition) is 7. The van der Waals surface area contributed by atoms with Gasteiger partial charge in [-0.3, -0.25) is 19.3 Å². The van der Waals surface area contributed by atoms with Crippen LogP contribution in [0.15, 0.2) is 12.7 Å². The van der Waals surface area contributed by atoms with Crippen molar-refractivity contribution >= 4 is 29.5 Å². The molecule has 2 amide bonds. The average molecular weight is 510 g/mol. The first kappa shape index (κ1) is 26.4. The highest BCUT2D eigenvalue weighted by Gasteiger charge is 2.74. The molecule has 4 rings (SSSR count). The first-order chi connectivity index (χ1) is 16.7. The van der Waals surface area contributed by atoms with E-state index in [0.29, 0.717) is 52.1 Å². The Morgan fingerprint density at radius 3 is 2.66 bits per heavy atom. The van der Waals surface area contributed by atoms with E-state index in [2.05, 4.69) is 11.5 Å². The van der Waals surface area contributed by atoms with Gasteiger partial charge in [0.25, 0.3) is 0 Å². The number of aliphatic carboxylic acids is 1. The smallest absolute Gasteiger partial charge is 0.308 e. The maximum absolute atomic E-state index is 14.3. The molecule has 4 aliphatic heterocycles. The van der Waals surface area contributed by atoms with Crippen LogP contribution in [-0.4, -0.2) is 117 Å². The molecule has 4 aliphatic rings. The first-order valence-corrected chi connectivity index (χ1v) is 13.7. The van der Waals surface area contributed by atoms with Crippen molar-refractivity contribution in [3.8, 4) is 0 Å². The summed E-state index contributed by atoms with van der Waals surface area (Å²) in [6.45, 7) is 12.2. The summed E-state index contributed by atoms with van der Waals surface area (Å²) in [6, 6.07) is -1.30. The zero-order valence-electron chi connectivity index (χ0n) is 20.8. The molecule has 196 valence electrons. The van der Waals surface area contributed by atoms with Gasteiger partial charge >= 0.3 is 5.97 Å². The van der Waals surface area contributed by atoms with E-state index in [-0.39, 0.29) is 29.6 Å². The Bertz CT molecular complexity index is 834. The largest absolute Gasteiger partial charge is 0.481 e. The molecule has 0 aliphatic carbocycles. The molecule has 0 radical (unpaired) electrons. The van der Waals surface area contributed by atoms with Gasteiger partial charge in [0.05, 0.1) is 42.4 Å². The van der Waals surface area contributed by atoms with E-state index in [4.69, 9.17) is 4.74 Å². The summed E-state index contributed by atoms with van der Waals surface area (Å²) in [4.78, 5) is 46.0. The number of carbonyl (C=O) groups excluding carboxylic acids is 2. The highest BCUT2D eigenvalue weighted by atomic mass is 32.2. The van der Waals surface area contributed by atoms with Crippen LogP contribution >= 0.6 is 11.8 Å². The standard InChI is InChI=1S/C25H39N3O6S/c1-4-7-27(9-8-26-10-12-34-13-11-26)23(31)21-25-6-5-18(35-25)19(24(32)33)20(25)22(30)28(21)17(15-29)14-16(2)3/h4,16-21,29H,1,5-15H2,2-3H3,(H,32,33)/t17-,18+,19-,20+,21?,25?/m1/s1. The number of carboxylic acids is 1. The Hall–Kier alpha value is -1.62. The Morgan fingerprint density at radius 1 is 1.34 bits per heavy atom. The third-order valence-electron chi connectivity index (χ3n) is 8.06. The molecule has 10 heteroatoms. The number of nitrogens with zero attached hydrogens (tertiary/aromatic N) is 3. The predicted octanol–water partition coefficient (Wildman–Crippen LogP) is 0.916. The lowest BCUT2D eigenvalue weighted by atomic mass is 9.71. The molecule has 4 saturated heterocycles. The number of fused-ring (bicyclic) bond motifs is 1. The quantitative estimate of drug-likeness (QED) is 0.396. The first-order valence-electron chi connectivity index (χ1n) is 12.8. The minimum atomic E-state index is -0.963. The van der Waals surface area contributed by atoms with Gasteiger partial charge in [0.1, 0.15) is 6.04 Å². The highest BCUT2D eigenvalue weighted by molar-refractivity contribution is 8.02. The van der Waals surface area contributed by atoms with E-state index < -0.39 is 34.6 Å². The third-order valence-corrected chi connectivity index (χ3v) is 10.0. The fourth-order valence-corrected chi connectivity index (χ4v) is 8.77. The second-order valence-corrected chi connectivity index (χ2v) is 12.2. The summed E-state index contributed by atoms with van der Waals surface area (Å²) in [5, 5.41) is 20.2. The minimum absolute atomic E-state index is 0.155. The van der Waals surface area contributed by atoms with E-state index in [1.165, 1.54) is 11.8 Å². The van der Waals surface area contributed by atoms with E-state index >= 15 is 0 Å². The van der Waals surface area contributed by atoms with Gasteiger partial charge in [-0.1, -0.05) is 19.9 Å². The number of aliphatic hydroxyl groups excluding tert-OH is 1. The van der Waals surface area contributed by atoms with Gasteiger partial charge in [-0.2, -0.15) is 0 Å². The number of morpholine rings is 1. The molecule has 0 saturated carbocycles. The van der Waals surface area contributed by atoms with Crippen LogP contribution in [0.5, 0.6) is 0 Å². The van der Waals surface area contributed by atoms with Crippen LogP contribution in [0.25, 0.3) is 0 Å². The molecule has 2 unspecified atom stereocenters. The van der Waals surface area contributed by atoms with Crippen LogP contribution in [0.1, 0.15) is 33.1 Å². The molecule has 6 atom stereocenters. The topological polar surface area (TPSA) is 111 Å². The van der Waals surface area contributed by atoms with E-state index in [1.807, 2.05) is 13.8 Å². The molecule has 0 aromatic carbocycles. The minimum Gasteiger partial charge on any atom is -0.481 e. The SMILES string of the molecule is C=CCN(CCN1CCOCC1)C(=O)C1N([C@@H](CO)CC(C)C)C(=O)[C@@H]2[C@H](C(=O)O)[C@@H]3CCC12S3. The molecule has 9 nitrogen and oxygen atoms in total. The van der Waals surface area contributed by atoms with Gasteiger partial charge < -0.3 is 24.7 Å². The fraction of sp³-hybridized carbons (Fsp3) is 0.800. The molecule has 0 aromatic heterocycles. The van der Waals surface area contributed by atoms with Crippen LogP contribution in [0.2, 0.25) is 0 Å². The van der Waals surface area contributed by atoms with Crippen LogP contribution in [-0.2, 0) is 19.1 Å². The second kappa shape index (κ2) is 10.8. The Kier molecular flexibility index (Phi) is 8.15. The molecule has 1 spiro atoms. The maximum Gasteiger partial charge on any atom is 0.308 e. The van der Waals surface area contributed by atoms with Crippen LogP contribution in [0, 0.1) is 17.8 Å². The van der Waals surface area contributed by atoms with Crippen molar-refractivity contribution in [1.82, 2.24) is 14.7 Å². The van der Waals surface area contributed by atoms with E-state index in [1.54, 1.807) is 15.9 Å². The number of aliphatic hydroxyl groups is 1. The van der Waals surface area contributed by atoms with Crippen molar-refractivity contribution in [3.63, 3.8) is 0 Å². The monoisotopic (exact) mass is 509 g/mol. The summed E-state index contributed by atoms with van der Waals surface area (Å²) in [5.41, 5.74) is 0. The normalized spacial score (nSPS) is 33.3. The summed E-state index contributed by atoms with van der Waals surface area (Å²) in [7, 11) is 0. The van der Waals surface area contributed by atoms with Gasteiger partial charge in [0, 0.05) is 38.0 Å². The zero-order chi connectivity index (χ0) is 25.3. The predicted molar refractivity (Wildman–Crippen MR) is 133 cm³/mol. The molecule has 2 N–H and O–H groups in total. The van der Waals surface area contributed by atoms with Gasteiger partial charge in [-0.05, 0) is 25.2 Å². The van der Waals surface area contributed by atoms with Crippen LogP contribution < -0.4 is 0 Å². The van der Waals surface area contributed by atoms with Crippen molar-refractivity contribution in [2.45, 2.75) is 55.2 Å². The van der Waals surface area contributed by atoms with Crippen molar-refractivity contribution < 1.29 is 29.3 Å². The number of thioether (sulfide) groups is 1. The number of ether oxygens (including phenoxy) is 1. The van der Waals surface area contributed by atoms with Crippen molar-refractivity contribution in [2.24, 2.45) is 17.8 Å². The molecule has 0 aromatic rings. The Balaban J connectivity index is 1.67. The Morgan fingerprint density at radius 2 is 2.06 bits per heavy atom. The zero-order valence-corrected chi connectivity index (χ0v) is 21.6. The average Bonchev–Trinajstić information content (AvgIpc) is 3.47. The van der Waals surface area contributed by atoms with Crippen molar-refractivity contribution in [1.29, 1.82) is 0 Å². The fourth-order valence-electron chi connectivity index (χ4n) is 6.57. The lowest BCUT2D eigenvalue weighted by molar-refractivity contribution is -0.150. The summed E-state index contributed by atoms with van der Waals surface area (Å²) in [5.74, 6) is -2.72. The Labute approximate surface area is 211 Å². The number of amides is 2. The summed E-state index contributed by atoms with van der Waals surface area (Å²) in [6.07, 6.45) is 3.58. The molecular weight excluding hydrogens is 470 g/mol. The number of carboxylic acid groups (broad SMARTS) is 1. The summed E-state index contributed by atoms with van der Waals surface area (Å²) >= 11 is 1.53. The van der Waals surface area contributed by atoms with Gasteiger partial charge in [0.2, 0.25) is 11.8 Å². The highest BCUT2D eigenvalue weighted by Crippen LogP contribution is 2.66. The number of carbonyl (C=O) groups is 3. The molecular formula is C25H39N3O6S. The maximum atomic E-state index is 14.3. The third kappa shape index (κ3) is 4.74. The van der Waals surface area contributed by atoms with Crippen LogP contribution in [0.3, 0.4) is 0 Å². The van der Waals surface area contributed by atoms with E-state index in [9.17, 15) is 24.6 Å². The number of rotatable bonds is 11. The number of likely N-dealkylation sites (tertiary alicyclic amines) is 1. The van der Waals surface area contributed by atoms with Crippen molar-refractivity contribution in [2.75, 3.05) is 52.5 Å². The number of hydrogen-bond donors (Lipinski definition) is 2. The molecule has 35 heavy (non-hydrogen) atoms. The van der Waals surface area contributed by atoms with Gasteiger partial charge in [-0.25, -0.2) is 0 Å². The van der Waals surface area contributed by atoms with Crippen LogP contribution in [0.4, 0.5) is 0 Å².